The maximum Gasteiger partial charge on any atom is 0.295 e. The van der Waals surface area contributed by atoms with Gasteiger partial charge in [-0.2, -0.15) is 0 Å². The van der Waals surface area contributed by atoms with Gasteiger partial charge in [0.1, 0.15) is 109 Å². The van der Waals surface area contributed by atoms with Crippen LogP contribution in [0.3, 0.4) is 0 Å². The molecule has 0 aliphatic heterocycles. The molecule has 568 valence electrons. The molecule has 0 unspecified atom stereocenters. The molecular weight excluding hydrogens is 1570 g/mol. The monoisotopic (exact) mass is 1670 g/mol. The Bertz CT molecular complexity index is 5090. The fourth-order valence-corrected chi connectivity index (χ4v) is 23.4. The van der Waals surface area contributed by atoms with E-state index in [0.717, 1.165) is 187 Å². The van der Waals surface area contributed by atoms with Crippen LogP contribution in [0.2, 0.25) is 0 Å². The van der Waals surface area contributed by atoms with Crippen LogP contribution in [0.1, 0.15) is 172 Å². The minimum Gasteiger partial charge on any atom is -0.438 e. The Hall–Kier alpha value is -6.63. The average Bonchev–Trinajstić information content (AvgIpc) is 0.733. The maximum atomic E-state index is 8.20. The second-order valence-electron chi connectivity index (χ2n) is 31.2. The molecule has 2 N–H and O–H groups in total. The molecule has 0 fully saturated rings. The number of anilines is 1. The Kier molecular flexibility index (Phi) is 28.0. The lowest BCUT2D eigenvalue weighted by Gasteiger charge is -2.32. The third-order valence-corrected chi connectivity index (χ3v) is 29.5. The minimum atomic E-state index is -2.16. The molecule has 0 saturated heterocycles. The van der Waals surface area contributed by atoms with Crippen LogP contribution in [0.25, 0.3) is 11.1 Å². The highest BCUT2D eigenvalue weighted by Gasteiger charge is 2.37. The molecule has 0 aromatic heterocycles. The van der Waals surface area contributed by atoms with Gasteiger partial charge in [-0.1, -0.05) is 143 Å². The second kappa shape index (κ2) is 35.7. The third kappa shape index (κ3) is 18.1. The summed E-state index contributed by atoms with van der Waals surface area (Å²) in [4.78, 5) is 0. The van der Waals surface area contributed by atoms with Crippen molar-refractivity contribution in [2.24, 2.45) is 0 Å². The fraction of sp³-hybridized carbons (Fsp3) is 0.341. The van der Waals surface area contributed by atoms with Crippen LogP contribution in [0.5, 0.6) is 46.0 Å². The molecular formula is C91H100B8INO8P4. The van der Waals surface area contributed by atoms with E-state index in [0.29, 0.717) is 95.4 Å². The summed E-state index contributed by atoms with van der Waals surface area (Å²) in [5, 5.41) is 0. The van der Waals surface area contributed by atoms with Gasteiger partial charge in [0, 0.05) is 9.26 Å². The molecule has 16 radical (unpaired) electrons. The Morgan fingerprint density at radius 2 is 0.425 bits per heavy atom. The van der Waals surface area contributed by atoms with Gasteiger partial charge >= 0.3 is 0 Å². The van der Waals surface area contributed by atoms with Crippen molar-refractivity contribution < 1.29 is 36.2 Å². The van der Waals surface area contributed by atoms with Gasteiger partial charge in [0.2, 0.25) is 0 Å². The summed E-state index contributed by atoms with van der Waals surface area (Å²) in [6.07, 6.45) is 0.614. The standard InChI is InChI=1S/C91H100B8INO8P4/c1-41-28-50(10)84(60(20)74(41)92)102-110(103-85-51(11)29-42(2)75(93)61(85)21)37-68-36-49(9)82(100)70(39-112(106-88-54(14)32-45(5)78(96)64(88)24)107-89-55(15)33-46(6)79(97)65(89)25)72(68)73-69(38-111(104-86-52(12)30-43(3)76(94)62(86)22)105-87-53(13)31-44(4)77(95)63(87)23)58(18)59(19)83(101)71(73)40-113(108-90-56(16)34-47(7)80(98)66(90)26)109-91-57(17)35-48(8)81(99)67(91)27/h28-36H,37-40,101H2,1-27H3. The van der Waals surface area contributed by atoms with Gasteiger partial charge < -0.3 is 41.9 Å². The molecule has 0 heterocycles. The molecule has 0 atom stereocenters. The highest BCUT2D eigenvalue weighted by Crippen LogP contribution is 2.59. The second-order valence-corrected chi connectivity index (χ2v) is 37.7. The zero-order valence-corrected chi connectivity index (χ0v) is 76.9. The molecule has 9 nitrogen and oxygen atoms in total. The van der Waals surface area contributed by atoms with Crippen LogP contribution in [0, 0.1) is 191 Å². The maximum absolute atomic E-state index is 8.20. The molecule has 113 heavy (non-hydrogen) atoms. The molecule has 0 amide bonds. The number of nitrogens with two attached hydrogens (primary N) is 1. The lowest BCUT2D eigenvalue weighted by Crippen LogP contribution is -2.18. The van der Waals surface area contributed by atoms with Gasteiger partial charge in [-0.3, -0.25) is 0 Å². The number of hydrogen-bond acceptors (Lipinski definition) is 9. The third-order valence-electron chi connectivity index (χ3n) is 22.6. The number of hydrogen-bond donors (Lipinski definition) is 1. The molecule has 0 spiro atoms. The van der Waals surface area contributed by atoms with Gasteiger partial charge in [0.15, 0.2) is 0 Å². The van der Waals surface area contributed by atoms with Crippen molar-refractivity contribution in [3.63, 3.8) is 0 Å². The highest BCUT2D eigenvalue weighted by molar-refractivity contribution is 14.1. The Morgan fingerprint density at radius 1 is 0.230 bits per heavy atom. The minimum absolute atomic E-state index is 0.0972. The SMILES string of the molecule is [B]c1c(C)cc(C)c(OP(Cc2cc(C)c(I)c(CP(Oc3c(C)cc(C)c([B])c3C)Oc3c(C)cc(C)c([B])c3C)c2-c2c(CP(Oc3c(C)cc(C)c([B])c3C)Oc3c(C)cc(C)c([B])c3C)c(C)c(C)c(N)c2CP(Oc2c(C)cc(C)c([B])c2C)Oc2c(C)cc(C)c([B])c2C)Oc2c(C)cc(C)c([B])c2C)c1C. The lowest BCUT2D eigenvalue weighted by atomic mass is 9.84. The van der Waals surface area contributed by atoms with Crippen LogP contribution in [0.4, 0.5) is 5.69 Å². The van der Waals surface area contributed by atoms with Crippen LogP contribution < -0.4 is 85.6 Å². The van der Waals surface area contributed by atoms with Crippen molar-refractivity contribution in [3.05, 3.63) is 231 Å². The zero-order chi connectivity index (χ0) is 83.6. The van der Waals surface area contributed by atoms with Gasteiger partial charge in [-0.25, -0.2) is 0 Å². The number of aryl methyl sites for hydroxylation is 17. The normalized spacial score (nSPS) is 11.6. The van der Waals surface area contributed by atoms with E-state index >= 15 is 0 Å². The van der Waals surface area contributed by atoms with Crippen LogP contribution in [-0.4, -0.2) is 62.8 Å². The predicted molar refractivity (Wildman–Crippen MR) is 499 cm³/mol. The number of benzene rings is 10. The van der Waals surface area contributed by atoms with E-state index in [1.807, 2.05) is 166 Å². The van der Waals surface area contributed by atoms with Crippen molar-refractivity contribution in [3.8, 4) is 57.1 Å². The number of nitrogen functional groups attached to an aromatic ring is 1. The van der Waals surface area contributed by atoms with Crippen LogP contribution in [0.15, 0.2) is 54.6 Å². The van der Waals surface area contributed by atoms with E-state index in [2.05, 4.69) is 98.0 Å². The first kappa shape index (κ1) is 88.7. The van der Waals surface area contributed by atoms with Crippen LogP contribution >= 0.6 is 56.1 Å². The summed E-state index contributed by atoms with van der Waals surface area (Å²) in [7, 11) is 47.8. The molecule has 0 aliphatic carbocycles. The summed E-state index contributed by atoms with van der Waals surface area (Å²) in [6.45, 7) is 54.8. The summed E-state index contributed by atoms with van der Waals surface area (Å²) in [5.41, 5.74) is 42.0. The summed E-state index contributed by atoms with van der Waals surface area (Å²) in [5.74, 6) is 4.85. The lowest BCUT2D eigenvalue weighted by molar-refractivity contribution is 0.479. The van der Waals surface area contributed by atoms with Crippen LogP contribution in [-0.2, 0) is 24.6 Å². The van der Waals surface area contributed by atoms with E-state index in [4.69, 9.17) is 105 Å². The van der Waals surface area contributed by atoms with E-state index in [-0.39, 0.29) is 24.6 Å². The van der Waals surface area contributed by atoms with Crippen molar-refractivity contribution in [1.82, 2.24) is 0 Å². The van der Waals surface area contributed by atoms with Crippen molar-refractivity contribution >= 4 is 168 Å². The predicted octanol–water partition coefficient (Wildman–Crippen LogP) is 18.1. The highest BCUT2D eigenvalue weighted by atomic mass is 127. The first-order chi connectivity index (χ1) is 52.8. The number of halogens is 1. The van der Waals surface area contributed by atoms with E-state index in [1.165, 1.54) is 0 Å². The molecule has 0 saturated carbocycles. The topological polar surface area (TPSA) is 99.9 Å². The summed E-state index contributed by atoms with van der Waals surface area (Å²) >= 11 is 2.53. The molecule has 0 bridgehead atoms. The Morgan fingerprint density at radius 3 is 0.646 bits per heavy atom. The van der Waals surface area contributed by atoms with Gasteiger partial charge in [-0.15, -0.1) is 0 Å². The van der Waals surface area contributed by atoms with Crippen molar-refractivity contribution in [2.45, 2.75) is 212 Å². The quantitative estimate of drug-likeness (QED) is 0.0260. The molecule has 0 aliphatic rings. The smallest absolute Gasteiger partial charge is 0.295 e. The van der Waals surface area contributed by atoms with Crippen molar-refractivity contribution in [1.29, 1.82) is 0 Å². The summed E-state index contributed by atoms with van der Waals surface area (Å²) < 4.78 is 62.1. The van der Waals surface area contributed by atoms with Gasteiger partial charge in [0.05, 0.1) is 24.6 Å². The number of rotatable bonds is 25. The van der Waals surface area contributed by atoms with E-state index in [1.54, 1.807) is 0 Å². The van der Waals surface area contributed by atoms with E-state index in [9.17, 15) is 0 Å². The molecule has 22 heteroatoms. The van der Waals surface area contributed by atoms with Gasteiger partial charge in [0.25, 0.3) is 33.5 Å². The van der Waals surface area contributed by atoms with E-state index < -0.39 is 33.5 Å². The Balaban J connectivity index is 1.42. The summed E-state index contributed by atoms with van der Waals surface area (Å²) in [6, 6.07) is 18.8. The largest absolute Gasteiger partial charge is 0.438 e. The molecule has 10 aromatic rings. The zero-order valence-electron chi connectivity index (χ0n) is 71.2. The fourth-order valence-electron chi connectivity index (χ4n) is 15.6. The first-order valence-corrected chi connectivity index (χ1v) is 44.5. The average molecular weight is 1670 g/mol. The Labute approximate surface area is 704 Å². The van der Waals surface area contributed by atoms with Gasteiger partial charge in [-0.05, 0) is 349 Å². The van der Waals surface area contributed by atoms with Crippen molar-refractivity contribution in [2.75, 3.05) is 5.73 Å². The molecule has 10 rings (SSSR count). The molecule has 10 aromatic carbocycles. The first-order valence-electron chi connectivity index (χ1n) is 38.0.